The van der Waals surface area contributed by atoms with Gasteiger partial charge >= 0.3 is 0 Å². The second-order valence-electron chi connectivity index (χ2n) is 2.90. The van der Waals surface area contributed by atoms with Crippen LogP contribution in [0.3, 0.4) is 0 Å². The third-order valence-electron chi connectivity index (χ3n) is 1.86. The van der Waals surface area contributed by atoms with E-state index in [9.17, 15) is 4.79 Å². The van der Waals surface area contributed by atoms with E-state index < -0.39 is 5.91 Å². The first-order valence-electron chi connectivity index (χ1n) is 3.84. The molecular weight excluding hydrogens is 168 g/mol. The van der Waals surface area contributed by atoms with Crippen LogP contribution in [-0.4, -0.2) is 11.1 Å². The molecule has 0 atom stereocenters. The highest BCUT2D eigenvalue weighted by Gasteiger charge is 2.12. The summed E-state index contributed by atoms with van der Waals surface area (Å²) in [6, 6.07) is 5.48. The van der Waals surface area contributed by atoms with Crippen LogP contribution in [0.2, 0.25) is 0 Å². The third-order valence-corrected chi connectivity index (χ3v) is 1.86. The number of aromatic nitrogens is 1. The lowest BCUT2D eigenvalue weighted by molar-refractivity contribution is 0.0993. The number of hydrogen-bond donors (Lipinski definition) is 1. The molecule has 2 N–H and O–H groups in total. The number of aryl methyl sites for hydroxylation is 1. The molecule has 0 saturated heterocycles. The molecule has 0 radical (unpaired) electrons. The molecule has 2 rings (SSSR count). The first-order chi connectivity index (χ1) is 6.18. The van der Waals surface area contributed by atoms with E-state index in [1.54, 1.807) is 6.07 Å². The molecule has 4 nitrogen and oxygen atoms in total. The minimum atomic E-state index is -0.565. The average Bonchev–Trinajstić information content (AvgIpc) is 2.46. The fourth-order valence-electron chi connectivity index (χ4n) is 1.23. The first kappa shape index (κ1) is 7.79. The number of primary amides is 1. The zero-order valence-electron chi connectivity index (χ0n) is 7.07. The van der Waals surface area contributed by atoms with Gasteiger partial charge in [0, 0.05) is 0 Å². The smallest absolute Gasteiger partial charge is 0.271 e. The van der Waals surface area contributed by atoms with Crippen molar-refractivity contribution in [3.8, 4) is 0 Å². The number of fused-ring (bicyclic) bond motifs is 1. The molecule has 4 heteroatoms. The number of amides is 1. The molecule has 1 aromatic heterocycles. The lowest BCUT2D eigenvalue weighted by Gasteiger charge is -1.91. The fourth-order valence-corrected chi connectivity index (χ4v) is 1.23. The van der Waals surface area contributed by atoms with Crippen LogP contribution in [0, 0.1) is 6.92 Å². The van der Waals surface area contributed by atoms with Crippen LogP contribution in [0.25, 0.3) is 11.0 Å². The highest BCUT2D eigenvalue weighted by atomic mass is 16.5. The van der Waals surface area contributed by atoms with Gasteiger partial charge in [0.1, 0.15) is 0 Å². The van der Waals surface area contributed by atoms with Crippen molar-refractivity contribution >= 4 is 16.9 Å². The Morgan fingerprint density at radius 2 is 2.31 bits per heavy atom. The quantitative estimate of drug-likeness (QED) is 0.710. The van der Waals surface area contributed by atoms with E-state index in [0.717, 1.165) is 5.56 Å². The Bertz CT molecular complexity index is 473. The molecule has 0 aliphatic carbocycles. The molecule has 1 heterocycles. The van der Waals surface area contributed by atoms with Gasteiger partial charge in [-0.2, -0.15) is 0 Å². The van der Waals surface area contributed by atoms with Gasteiger partial charge in [0.2, 0.25) is 0 Å². The topological polar surface area (TPSA) is 69.1 Å². The summed E-state index contributed by atoms with van der Waals surface area (Å²) in [7, 11) is 0. The number of benzene rings is 1. The average molecular weight is 176 g/mol. The molecule has 0 fully saturated rings. The number of hydrogen-bond acceptors (Lipinski definition) is 3. The maximum absolute atomic E-state index is 10.9. The van der Waals surface area contributed by atoms with Crippen LogP contribution in [0.15, 0.2) is 22.7 Å². The van der Waals surface area contributed by atoms with Gasteiger partial charge in [-0.1, -0.05) is 16.8 Å². The van der Waals surface area contributed by atoms with E-state index in [-0.39, 0.29) is 5.69 Å². The lowest BCUT2D eigenvalue weighted by atomic mass is 10.1. The number of nitrogens with two attached hydrogens (primary N) is 1. The van der Waals surface area contributed by atoms with Crippen LogP contribution in [0.4, 0.5) is 0 Å². The molecule has 0 aliphatic heterocycles. The van der Waals surface area contributed by atoms with E-state index in [1.165, 1.54) is 0 Å². The minimum absolute atomic E-state index is 0.193. The minimum Gasteiger partial charge on any atom is -0.364 e. The summed E-state index contributed by atoms with van der Waals surface area (Å²) in [5.74, 6) is -0.565. The Labute approximate surface area is 74.3 Å². The molecule has 2 aromatic rings. The molecule has 1 amide bonds. The van der Waals surface area contributed by atoms with Crippen molar-refractivity contribution in [1.29, 1.82) is 0 Å². The highest BCUT2D eigenvalue weighted by molar-refractivity contribution is 6.03. The Morgan fingerprint density at radius 1 is 1.54 bits per heavy atom. The molecule has 0 spiro atoms. The van der Waals surface area contributed by atoms with E-state index in [1.807, 2.05) is 19.1 Å². The van der Waals surface area contributed by atoms with Gasteiger partial charge in [0.05, 0.1) is 5.39 Å². The van der Waals surface area contributed by atoms with E-state index in [0.29, 0.717) is 11.0 Å². The molecule has 0 aliphatic rings. The predicted octanol–water partition coefficient (Wildman–Crippen LogP) is 1.24. The third kappa shape index (κ3) is 1.16. The normalized spacial score (nSPS) is 10.5. The van der Waals surface area contributed by atoms with Gasteiger partial charge < -0.3 is 10.3 Å². The molecule has 0 unspecified atom stereocenters. The maximum atomic E-state index is 10.9. The zero-order valence-corrected chi connectivity index (χ0v) is 7.07. The van der Waals surface area contributed by atoms with Crippen molar-refractivity contribution in [2.75, 3.05) is 0 Å². The number of nitrogens with zero attached hydrogens (tertiary/aromatic N) is 1. The summed E-state index contributed by atoms with van der Waals surface area (Å²) < 4.78 is 4.91. The number of rotatable bonds is 1. The van der Waals surface area contributed by atoms with Crippen LogP contribution < -0.4 is 5.73 Å². The molecular formula is C9H8N2O2. The van der Waals surface area contributed by atoms with Gasteiger partial charge in [-0.05, 0) is 19.1 Å². The molecule has 13 heavy (non-hydrogen) atoms. The lowest BCUT2D eigenvalue weighted by Crippen LogP contribution is -2.11. The summed E-state index contributed by atoms with van der Waals surface area (Å²) in [6.07, 6.45) is 0. The van der Waals surface area contributed by atoms with Crippen molar-refractivity contribution in [3.05, 3.63) is 29.5 Å². The van der Waals surface area contributed by atoms with Crippen LogP contribution in [-0.2, 0) is 0 Å². The molecule has 0 bridgehead atoms. The van der Waals surface area contributed by atoms with Gasteiger partial charge in [0.15, 0.2) is 11.3 Å². The highest BCUT2D eigenvalue weighted by Crippen LogP contribution is 2.18. The Kier molecular flexibility index (Phi) is 1.55. The summed E-state index contributed by atoms with van der Waals surface area (Å²) in [5.41, 5.74) is 6.93. The second kappa shape index (κ2) is 2.58. The summed E-state index contributed by atoms with van der Waals surface area (Å²) in [5, 5.41) is 4.26. The van der Waals surface area contributed by atoms with Crippen molar-refractivity contribution in [2.45, 2.75) is 6.92 Å². The van der Waals surface area contributed by atoms with Crippen LogP contribution in [0.5, 0.6) is 0 Å². The van der Waals surface area contributed by atoms with E-state index >= 15 is 0 Å². The van der Waals surface area contributed by atoms with Crippen LogP contribution >= 0.6 is 0 Å². The summed E-state index contributed by atoms with van der Waals surface area (Å²) in [6.45, 7) is 1.93. The number of carbonyl (C=O) groups excluding carboxylic acids is 1. The zero-order chi connectivity index (χ0) is 9.42. The van der Waals surface area contributed by atoms with E-state index in [4.69, 9.17) is 10.3 Å². The molecule has 0 saturated carbocycles. The van der Waals surface area contributed by atoms with Crippen molar-refractivity contribution in [2.24, 2.45) is 5.73 Å². The standard InChI is InChI=1S/C9H8N2O2/c1-5-2-3-7-6(4-5)8(9(10)12)11-13-7/h2-4H,1H3,(H2,10,12). The second-order valence-corrected chi connectivity index (χ2v) is 2.90. The van der Waals surface area contributed by atoms with Gasteiger partial charge in [-0.15, -0.1) is 0 Å². The van der Waals surface area contributed by atoms with Crippen molar-refractivity contribution in [3.63, 3.8) is 0 Å². The van der Waals surface area contributed by atoms with Gasteiger partial charge in [-0.25, -0.2) is 0 Å². The van der Waals surface area contributed by atoms with Gasteiger partial charge in [-0.3, -0.25) is 4.79 Å². The number of carbonyl (C=O) groups is 1. The van der Waals surface area contributed by atoms with Gasteiger partial charge in [0.25, 0.3) is 5.91 Å². The molecule has 1 aromatic carbocycles. The Hall–Kier alpha value is -1.84. The van der Waals surface area contributed by atoms with E-state index in [2.05, 4.69) is 5.16 Å². The SMILES string of the molecule is Cc1ccc2onc(C(N)=O)c2c1. The first-order valence-corrected chi connectivity index (χ1v) is 3.84. The summed E-state index contributed by atoms with van der Waals surface area (Å²) in [4.78, 5) is 10.9. The maximum Gasteiger partial charge on any atom is 0.271 e. The van der Waals surface area contributed by atoms with Crippen molar-refractivity contribution in [1.82, 2.24) is 5.16 Å². The Morgan fingerprint density at radius 3 is 3.00 bits per heavy atom. The predicted molar refractivity (Wildman–Crippen MR) is 47.3 cm³/mol. The Balaban J connectivity index is 2.79. The molecule has 66 valence electrons. The monoisotopic (exact) mass is 176 g/mol. The van der Waals surface area contributed by atoms with Crippen molar-refractivity contribution < 1.29 is 9.32 Å². The summed E-state index contributed by atoms with van der Waals surface area (Å²) >= 11 is 0. The van der Waals surface area contributed by atoms with Crippen LogP contribution in [0.1, 0.15) is 16.1 Å². The fraction of sp³-hybridized carbons (Fsp3) is 0.111. The largest absolute Gasteiger partial charge is 0.364 e.